The molecule has 17 heavy (non-hydrogen) atoms. The van der Waals surface area contributed by atoms with E-state index in [9.17, 15) is 0 Å². The highest BCUT2D eigenvalue weighted by Crippen LogP contribution is 2.33. The van der Waals surface area contributed by atoms with Crippen molar-refractivity contribution in [1.29, 1.82) is 0 Å². The van der Waals surface area contributed by atoms with Gasteiger partial charge in [0.2, 0.25) is 0 Å². The molecule has 0 aliphatic carbocycles. The van der Waals surface area contributed by atoms with Crippen molar-refractivity contribution < 1.29 is 4.74 Å². The monoisotopic (exact) mass is 231 g/mol. The number of anilines is 1. The Bertz CT molecular complexity index is 450. The van der Waals surface area contributed by atoms with Gasteiger partial charge in [0.15, 0.2) is 0 Å². The second-order valence-electron chi connectivity index (χ2n) is 4.59. The minimum Gasteiger partial charge on any atom is -0.483 e. The minimum absolute atomic E-state index is 0.580. The van der Waals surface area contributed by atoms with Gasteiger partial charge in [0, 0.05) is 18.8 Å². The quantitative estimate of drug-likeness (QED) is 0.696. The molecule has 2 aliphatic rings. The van der Waals surface area contributed by atoms with Gasteiger partial charge in [-0.15, -0.1) is 0 Å². The zero-order valence-electron chi connectivity index (χ0n) is 9.85. The smallest absolute Gasteiger partial charge is 0.146 e. The van der Waals surface area contributed by atoms with Crippen LogP contribution in [0, 0.1) is 0 Å². The Morgan fingerprint density at radius 2 is 2.00 bits per heavy atom. The molecule has 1 fully saturated rings. The minimum atomic E-state index is 0.580. The van der Waals surface area contributed by atoms with Crippen LogP contribution in [-0.4, -0.2) is 30.4 Å². The summed E-state index contributed by atoms with van der Waals surface area (Å²) in [6, 6.07) is 5.61. The number of amidine groups is 1. The summed E-state index contributed by atoms with van der Waals surface area (Å²) in [5.74, 6) is 1.88. The highest BCUT2D eigenvalue weighted by Gasteiger charge is 2.20. The predicted molar refractivity (Wildman–Crippen MR) is 68.9 cm³/mol. The molecule has 0 unspecified atom stereocenters. The van der Waals surface area contributed by atoms with Gasteiger partial charge in [-0.1, -0.05) is 0 Å². The summed E-state index contributed by atoms with van der Waals surface area (Å²) in [5.41, 5.74) is 7.36. The number of aliphatic imine (C=N–C) groups is 1. The zero-order valence-corrected chi connectivity index (χ0v) is 9.85. The molecule has 0 aromatic heterocycles. The van der Waals surface area contributed by atoms with Crippen LogP contribution >= 0.6 is 0 Å². The molecule has 0 bridgehead atoms. The van der Waals surface area contributed by atoms with E-state index in [1.807, 2.05) is 18.2 Å². The molecule has 0 amide bonds. The lowest BCUT2D eigenvalue weighted by Gasteiger charge is -2.31. The first-order valence-corrected chi connectivity index (χ1v) is 6.18. The Kier molecular flexibility index (Phi) is 2.63. The molecule has 4 heteroatoms. The van der Waals surface area contributed by atoms with Gasteiger partial charge in [-0.3, -0.25) is 0 Å². The van der Waals surface area contributed by atoms with E-state index in [1.54, 1.807) is 0 Å². The Balaban J connectivity index is 1.87. The third-order valence-corrected chi connectivity index (χ3v) is 3.31. The zero-order chi connectivity index (χ0) is 11.7. The number of nitrogens with two attached hydrogens (primary N) is 1. The average molecular weight is 231 g/mol. The number of hydrogen-bond acceptors (Lipinski definition) is 4. The second kappa shape index (κ2) is 4.28. The first-order valence-electron chi connectivity index (χ1n) is 6.18. The summed E-state index contributed by atoms with van der Waals surface area (Å²) < 4.78 is 5.72. The van der Waals surface area contributed by atoms with Gasteiger partial charge >= 0.3 is 0 Å². The Morgan fingerprint density at radius 3 is 2.82 bits per heavy atom. The van der Waals surface area contributed by atoms with Crippen LogP contribution in [0.5, 0.6) is 5.75 Å². The van der Waals surface area contributed by atoms with Gasteiger partial charge in [0.25, 0.3) is 0 Å². The van der Waals surface area contributed by atoms with Gasteiger partial charge in [0.1, 0.15) is 23.9 Å². The van der Waals surface area contributed by atoms with Crippen LogP contribution in [0.1, 0.15) is 19.3 Å². The standard InChI is InChI=1S/C13H17N3O/c14-10-4-5-12-11(8-10)15-13(9-17-12)16-6-2-1-3-7-16/h4-5,8H,1-3,6-7,9,14H2. The summed E-state index contributed by atoms with van der Waals surface area (Å²) in [4.78, 5) is 7.00. The number of ether oxygens (including phenoxy) is 1. The van der Waals surface area contributed by atoms with E-state index in [-0.39, 0.29) is 0 Å². The highest BCUT2D eigenvalue weighted by atomic mass is 16.5. The van der Waals surface area contributed by atoms with Crippen LogP contribution in [0.15, 0.2) is 23.2 Å². The SMILES string of the molecule is Nc1ccc2c(c1)N=C(N1CCCCC1)CO2. The number of likely N-dealkylation sites (tertiary alicyclic amines) is 1. The van der Waals surface area contributed by atoms with Crippen LogP contribution in [0.2, 0.25) is 0 Å². The largest absolute Gasteiger partial charge is 0.483 e. The fourth-order valence-electron chi connectivity index (χ4n) is 2.37. The normalized spacial score (nSPS) is 19.3. The van der Waals surface area contributed by atoms with Crippen molar-refractivity contribution in [2.24, 2.45) is 4.99 Å². The Morgan fingerprint density at radius 1 is 1.18 bits per heavy atom. The van der Waals surface area contributed by atoms with Crippen molar-refractivity contribution in [3.8, 4) is 5.75 Å². The lowest BCUT2D eigenvalue weighted by atomic mass is 10.1. The molecule has 2 N–H and O–H groups in total. The molecular weight excluding hydrogens is 214 g/mol. The van der Waals surface area contributed by atoms with Gasteiger partial charge < -0.3 is 15.4 Å². The predicted octanol–water partition coefficient (Wildman–Crippen LogP) is 2.18. The Labute approximate surface area is 101 Å². The van der Waals surface area contributed by atoms with Crippen molar-refractivity contribution in [3.05, 3.63) is 18.2 Å². The molecule has 0 atom stereocenters. The van der Waals surface area contributed by atoms with Crippen molar-refractivity contribution >= 4 is 17.2 Å². The maximum absolute atomic E-state index is 5.77. The van der Waals surface area contributed by atoms with E-state index in [1.165, 1.54) is 19.3 Å². The first-order chi connectivity index (χ1) is 8.33. The van der Waals surface area contributed by atoms with Crippen molar-refractivity contribution in [2.75, 3.05) is 25.4 Å². The fraction of sp³-hybridized carbons (Fsp3) is 0.462. The molecule has 0 saturated carbocycles. The van der Waals surface area contributed by atoms with Gasteiger partial charge in [-0.25, -0.2) is 4.99 Å². The van der Waals surface area contributed by atoms with E-state index >= 15 is 0 Å². The number of piperidine rings is 1. The van der Waals surface area contributed by atoms with E-state index in [4.69, 9.17) is 10.5 Å². The third kappa shape index (κ3) is 2.07. The molecule has 1 aromatic carbocycles. The third-order valence-electron chi connectivity index (χ3n) is 3.31. The van der Waals surface area contributed by atoms with Crippen molar-refractivity contribution in [2.45, 2.75) is 19.3 Å². The van der Waals surface area contributed by atoms with E-state index in [0.29, 0.717) is 6.61 Å². The van der Waals surface area contributed by atoms with Gasteiger partial charge in [-0.2, -0.15) is 0 Å². The van der Waals surface area contributed by atoms with Crippen LogP contribution in [0.25, 0.3) is 0 Å². The first kappa shape index (κ1) is 10.4. The number of fused-ring (bicyclic) bond motifs is 1. The van der Waals surface area contributed by atoms with Gasteiger partial charge in [-0.05, 0) is 37.5 Å². The molecule has 1 saturated heterocycles. The molecule has 2 aliphatic heterocycles. The van der Waals surface area contributed by atoms with Crippen LogP contribution in [0.4, 0.5) is 11.4 Å². The summed E-state index contributed by atoms with van der Waals surface area (Å²) in [7, 11) is 0. The highest BCUT2D eigenvalue weighted by molar-refractivity contribution is 5.89. The Hall–Kier alpha value is -1.71. The van der Waals surface area contributed by atoms with E-state index < -0.39 is 0 Å². The van der Waals surface area contributed by atoms with Gasteiger partial charge in [0.05, 0.1) is 0 Å². The summed E-state index contributed by atoms with van der Waals surface area (Å²) in [6.45, 7) is 2.77. The van der Waals surface area contributed by atoms with Crippen molar-refractivity contribution in [1.82, 2.24) is 4.90 Å². The summed E-state index contributed by atoms with van der Waals surface area (Å²) in [6.07, 6.45) is 3.83. The number of nitrogens with zero attached hydrogens (tertiary/aromatic N) is 2. The van der Waals surface area contributed by atoms with Crippen LogP contribution in [0.3, 0.4) is 0 Å². The number of nitrogen functional groups attached to an aromatic ring is 1. The fourth-order valence-corrected chi connectivity index (χ4v) is 2.37. The maximum Gasteiger partial charge on any atom is 0.146 e. The molecule has 4 nitrogen and oxygen atoms in total. The molecule has 0 spiro atoms. The lowest BCUT2D eigenvalue weighted by Crippen LogP contribution is -2.39. The molecular formula is C13H17N3O. The molecule has 1 aromatic rings. The van der Waals surface area contributed by atoms with E-state index in [2.05, 4.69) is 9.89 Å². The molecule has 90 valence electrons. The number of hydrogen-bond donors (Lipinski definition) is 1. The summed E-state index contributed by atoms with van der Waals surface area (Å²) >= 11 is 0. The van der Waals surface area contributed by atoms with Crippen LogP contribution in [-0.2, 0) is 0 Å². The summed E-state index contributed by atoms with van der Waals surface area (Å²) in [5, 5.41) is 0. The lowest BCUT2D eigenvalue weighted by molar-refractivity contribution is 0.298. The van der Waals surface area contributed by atoms with E-state index in [0.717, 1.165) is 36.0 Å². The maximum atomic E-state index is 5.77. The topological polar surface area (TPSA) is 50.8 Å². The number of benzene rings is 1. The molecule has 3 rings (SSSR count). The molecule has 0 radical (unpaired) electrons. The molecule has 2 heterocycles. The number of rotatable bonds is 0. The average Bonchev–Trinajstić information content (AvgIpc) is 2.39. The second-order valence-corrected chi connectivity index (χ2v) is 4.59. The van der Waals surface area contributed by atoms with Crippen LogP contribution < -0.4 is 10.5 Å². The van der Waals surface area contributed by atoms with Crippen molar-refractivity contribution in [3.63, 3.8) is 0 Å².